The molecule has 0 bridgehead atoms. The minimum atomic E-state index is -0.361. The summed E-state index contributed by atoms with van der Waals surface area (Å²) in [5.41, 5.74) is -0.361. The van der Waals surface area contributed by atoms with Crippen molar-refractivity contribution in [3.8, 4) is 6.07 Å². The van der Waals surface area contributed by atoms with E-state index in [1.54, 1.807) is 0 Å². The van der Waals surface area contributed by atoms with Crippen LogP contribution in [-0.2, 0) is 0 Å². The van der Waals surface area contributed by atoms with Crippen LogP contribution < -0.4 is 5.32 Å². The van der Waals surface area contributed by atoms with E-state index in [0.29, 0.717) is 12.1 Å². The van der Waals surface area contributed by atoms with Gasteiger partial charge in [-0.2, -0.15) is 5.26 Å². The van der Waals surface area contributed by atoms with E-state index in [0.717, 1.165) is 13.1 Å². The van der Waals surface area contributed by atoms with E-state index < -0.39 is 0 Å². The molecule has 1 unspecified atom stereocenters. The van der Waals surface area contributed by atoms with E-state index in [4.69, 9.17) is 0 Å². The molecular weight excluding hydrogens is 210 g/mol. The number of hydrogen-bond donors (Lipinski definition) is 1. The number of nitrogens with one attached hydrogen (secondary N) is 1. The van der Waals surface area contributed by atoms with Crippen LogP contribution in [0, 0.1) is 11.3 Å². The summed E-state index contributed by atoms with van der Waals surface area (Å²) < 4.78 is 0. The van der Waals surface area contributed by atoms with Crippen LogP contribution in [0.5, 0.6) is 0 Å². The van der Waals surface area contributed by atoms with Gasteiger partial charge in [-0.25, -0.2) is 0 Å². The van der Waals surface area contributed by atoms with Crippen LogP contribution in [0.4, 0.5) is 0 Å². The Balaban J connectivity index is 1.92. The van der Waals surface area contributed by atoms with E-state index in [1.807, 2.05) is 0 Å². The second-order valence-corrected chi connectivity index (χ2v) is 5.86. The smallest absolute Gasteiger partial charge is 0.116 e. The molecule has 2 aliphatic carbocycles. The molecule has 2 saturated carbocycles. The monoisotopic (exact) mass is 235 g/mol. The van der Waals surface area contributed by atoms with Crippen LogP contribution in [0.2, 0.25) is 0 Å². The zero-order valence-corrected chi connectivity index (χ0v) is 11.2. The molecule has 2 rings (SSSR count). The first-order chi connectivity index (χ1) is 8.17. The zero-order chi connectivity index (χ0) is 12.3. The third-order valence-corrected chi connectivity index (χ3v) is 4.11. The number of hydrogen-bond acceptors (Lipinski definition) is 3. The molecule has 0 heterocycles. The third-order valence-electron chi connectivity index (χ3n) is 4.11. The average molecular weight is 235 g/mol. The average Bonchev–Trinajstić information content (AvgIpc) is 2.97. The van der Waals surface area contributed by atoms with Crippen molar-refractivity contribution < 1.29 is 0 Å². The fourth-order valence-corrected chi connectivity index (χ4v) is 2.97. The van der Waals surface area contributed by atoms with Crippen molar-refractivity contribution in [1.82, 2.24) is 10.2 Å². The molecule has 0 radical (unpaired) electrons. The summed E-state index contributed by atoms with van der Waals surface area (Å²) >= 11 is 0. The Kier molecular flexibility index (Phi) is 4.06. The van der Waals surface area contributed by atoms with Gasteiger partial charge in [0.1, 0.15) is 5.54 Å². The second kappa shape index (κ2) is 5.37. The summed E-state index contributed by atoms with van der Waals surface area (Å²) in [6, 6.07) is 3.80. The lowest BCUT2D eigenvalue weighted by Crippen LogP contribution is -2.53. The summed E-state index contributed by atoms with van der Waals surface area (Å²) in [5, 5.41) is 12.9. The molecule has 0 aromatic rings. The van der Waals surface area contributed by atoms with Gasteiger partial charge in [-0.15, -0.1) is 0 Å². The van der Waals surface area contributed by atoms with Crippen LogP contribution in [-0.4, -0.2) is 35.6 Å². The van der Waals surface area contributed by atoms with Gasteiger partial charge in [-0.3, -0.25) is 10.2 Å². The highest BCUT2D eigenvalue weighted by atomic mass is 15.2. The van der Waals surface area contributed by atoms with Gasteiger partial charge in [0, 0.05) is 18.6 Å². The van der Waals surface area contributed by atoms with E-state index in [1.165, 1.54) is 38.5 Å². The molecule has 0 aromatic carbocycles. The van der Waals surface area contributed by atoms with Gasteiger partial charge < -0.3 is 0 Å². The summed E-state index contributed by atoms with van der Waals surface area (Å²) in [7, 11) is 0. The normalized spacial score (nSPS) is 24.8. The Hall–Kier alpha value is -0.590. The molecule has 0 saturated heterocycles. The Morgan fingerprint density at radius 2 is 1.94 bits per heavy atom. The minimum absolute atomic E-state index is 0.361. The molecule has 3 nitrogen and oxygen atoms in total. The predicted octanol–water partition coefficient (Wildman–Crippen LogP) is 2.29. The van der Waals surface area contributed by atoms with Crippen molar-refractivity contribution in [3.63, 3.8) is 0 Å². The van der Waals surface area contributed by atoms with Crippen molar-refractivity contribution in [1.29, 1.82) is 5.26 Å². The van der Waals surface area contributed by atoms with E-state index in [2.05, 4.69) is 30.1 Å². The molecule has 0 spiro atoms. The molecule has 0 aliphatic heterocycles. The molecule has 17 heavy (non-hydrogen) atoms. The van der Waals surface area contributed by atoms with Crippen LogP contribution in [0.1, 0.15) is 52.4 Å². The highest BCUT2D eigenvalue weighted by molar-refractivity contribution is 5.09. The van der Waals surface area contributed by atoms with Gasteiger partial charge >= 0.3 is 0 Å². The SMILES string of the molecule is CCN(CC(C)(C#N)NC1CC1)C1CCCC1. The minimum Gasteiger partial charge on any atom is -0.298 e. The maximum absolute atomic E-state index is 9.41. The van der Waals surface area contributed by atoms with Gasteiger partial charge in [-0.1, -0.05) is 19.8 Å². The fraction of sp³-hybridized carbons (Fsp3) is 0.929. The van der Waals surface area contributed by atoms with Gasteiger partial charge in [0.05, 0.1) is 6.07 Å². The lowest BCUT2D eigenvalue weighted by Gasteiger charge is -2.34. The highest BCUT2D eigenvalue weighted by Crippen LogP contribution is 2.26. The van der Waals surface area contributed by atoms with Crippen molar-refractivity contribution in [2.45, 2.75) is 70.0 Å². The molecule has 96 valence electrons. The van der Waals surface area contributed by atoms with Crippen molar-refractivity contribution in [3.05, 3.63) is 0 Å². The number of nitriles is 1. The first-order valence-corrected chi connectivity index (χ1v) is 7.10. The first kappa shape index (κ1) is 12.9. The maximum atomic E-state index is 9.41. The molecule has 1 atom stereocenters. The number of rotatable bonds is 6. The zero-order valence-electron chi connectivity index (χ0n) is 11.2. The maximum Gasteiger partial charge on any atom is 0.116 e. The molecule has 0 aromatic heterocycles. The standard InChI is InChI=1S/C14H25N3/c1-3-17(13-6-4-5-7-13)11-14(2,10-15)16-12-8-9-12/h12-13,16H,3-9,11H2,1-2H3. The van der Waals surface area contributed by atoms with Crippen LogP contribution >= 0.6 is 0 Å². The lowest BCUT2D eigenvalue weighted by atomic mass is 10.0. The molecule has 3 heteroatoms. The van der Waals surface area contributed by atoms with Gasteiger partial charge in [0.25, 0.3) is 0 Å². The summed E-state index contributed by atoms with van der Waals surface area (Å²) in [4.78, 5) is 2.51. The Morgan fingerprint density at radius 1 is 1.29 bits per heavy atom. The topological polar surface area (TPSA) is 39.1 Å². The van der Waals surface area contributed by atoms with Crippen LogP contribution in [0.25, 0.3) is 0 Å². The molecule has 2 aliphatic rings. The summed E-state index contributed by atoms with van der Waals surface area (Å²) in [6.07, 6.45) is 7.85. The number of nitrogens with zero attached hydrogens (tertiary/aromatic N) is 2. The van der Waals surface area contributed by atoms with E-state index in [9.17, 15) is 5.26 Å². The largest absolute Gasteiger partial charge is 0.298 e. The van der Waals surface area contributed by atoms with Crippen LogP contribution in [0.15, 0.2) is 0 Å². The van der Waals surface area contributed by atoms with Gasteiger partial charge in [-0.05, 0) is 39.2 Å². The summed E-state index contributed by atoms with van der Waals surface area (Å²) in [5.74, 6) is 0. The fourth-order valence-electron chi connectivity index (χ4n) is 2.97. The quantitative estimate of drug-likeness (QED) is 0.767. The Morgan fingerprint density at radius 3 is 2.41 bits per heavy atom. The van der Waals surface area contributed by atoms with E-state index in [-0.39, 0.29) is 5.54 Å². The number of likely N-dealkylation sites (N-methyl/N-ethyl adjacent to an activating group) is 1. The molecule has 2 fully saturated rings. The van der Waals surface area contributed by atoms with E-state index >= 15 is 0 Å². The van der Waals surface area contributed by atoms with Gasteiger partial charge in [0.15, 0.2) is 0 Å². The molecular formula is C14H25N3. The molecule has 0 amide bonds. The highest BCUT2D eigenvalue weighted by Gasteiger charge is 2.35. The summed E-state index contributed by atoms with van der Waals surface area (Å²) in [6.45, 7) is 6.21. The van der Waals surface area contributed by atoms with Crippen molar-refractivity contribution >= 4 is 0 Å². The molecule has 1 N–H and O–H groups in total. The first-order valence-electron chi connectivity index (χ1n) is 7.10. The van der Waals surface area contributed by atoms with Crippen molar-refractivity contribution in [2.75, 3.05) is 13.1 Å². The van der Waals surface area contributed by atoms with Crippen molar-refractivity contribution in [2.24, 2.45) is 0 Å². The third kappa shape index (κ3) is 3.43. The second-order valence-electron chi connectivity index (χ2n) is 5.86. The Bertz CT molecular complexity index is 286. The Labute approximate surface area is 105 Å². The predicted molar refractivity (Wildman–Crippen MR) is 69.7 cm³/mol. The van der Waals surface area contributed by atoms with Crippen LogP contribution in [0.3, 0.4) is 0 Å². The lowest BCUT2D eigenvalue weighted by molar-refractivity contribution is 0.169. The van der Waals surface area contributed by atoms with Gasteiger partial charge in [0.2, 0.25) is 0 Å².